The fraction of sp³-hybridized carbons (Fsp3) is 0.222. The van der Waals surface area contributed by atoms with Crippen LogP contribution < -0.4 is 0 Å². The van der Waals surface area contributed by atoms with Crippen LogP contribution in [0.25, 0.3) is 0 Å². The molecule has 1 aliphatic heterocycles. The minimum absolute atomic E-state index is 0.0289. The summed E-state index contributed by atoms with van der Waals surface area (Å²) >= 11 is 0. The average molecular weight is 341 g/mol. The molecule has 1 atom stereocenters. The van der Waals surface area contributed by atoms with E-state index in [1.807, 2.05) is 0 Å². The number of carbonyl (C=O) groups is 1. The van der Waals surface area contributed by atoms with Crippen LogP contribution in [-0.2, 0) is 4.79 Å². The molecule has 0 N–H and O–H groups in total. The number of benzene rings is 2. The lowest BCUT2D eigenvalue weighted by atomic mass is 9.98. The highest BCUT2D eigenvalue weighted by atomic mass is 19.1. The molecule has 3 rings (SSSR count). The number of hydrogen-bond acceptors (Lipinski definition) is 4. The molecule has 0 bridgehead atoms. The summed E-state index contributed by atoms with van der Waals surface area (Å²) in [6.07, 6.45) is 0.696. The molecule has 128 valence electrons. The molecule has 0 aromatic heterocycles. The second kappa shape index (κ2) is 6.80. The molecule has 0 aliphatic carbocycles. The summed E-state index contributed by atoms with van der Waals surface area (Å²) in [5.74, 6) is -0.510. The molecule has 6 nitrogen and oxygen atoms in total. The van der Waals surface area contributed by atoms with Crippen molar-refractivity contribution >= 4 is 17.3 Å². The molecule has 2 aromatic rings. The lowest BCUT2D eigenvalue weighted by Gasteiger charge is -2.21. The van der Waals surface area contributed by atoms with Crippen molar-refractivity contribution in [1.29, 1.82) is 0 Å². The summed E-state index contributed by atoms with van der Waals surface area (Å²) in [4.78, 5) is 22.8. The number of hydrogen-bond donors (Lipinski definition) is 0. The van der Waals surface area contributed by atoms with E-state index in [0.29, 0.717) is 17.7 Å². The van der Waals surface area contributed by atoms with E-state index in [-0.39, 0.29) is 29.9 Å². The molecule has 0 radical (unpaired) electrons. The van der Waals surface area contributed by atoms with Gasteiger partial charge in [0.15, 0.2) is 0 Å². The maximum atomic E-state index is 13.2. The predicted octanol–water partition coefficient (Wildman–Crippen LogP) is 3.82. The Morgan fingerprint density at radius 3 is 2.68 bits per heavy atom. The van der Waals surface area contributed by atoms with Crippen LogP contribution in [0.4, 0.5) is 10.1 Å². The van der Waals surface area contributed by atoms with E-state index < -0.39 is 4.92 Å². The Morgan fingerprint density at radius 1 is 1.32 bits per heavy atom. The van der Waals surface area contributed by atoms with Crippen LogP contribution in [0.3, 0.4) is 0 Å². The Balaban J connectivity index is 1.96. The van der Waals surface area contributed by atoms with Gasteiger partial charge in [0.25, 0.3) is 5.69 Å². The van der Waals surface area contributed by atoms with Crippen molar-refractivity contribution in [3.63, 3.8) is 0 Å². The first-order valence-electron chi connectivity index (χ1n) is 7.89. The zero-order valence-electron chi connectivity index (χ0n) is 13.6. The van der Waals surface area contributed by atoms with Gasteiger partial charge in [-0.25, -0.2) is 9.40 Å². The largest absolute Gasteiger partial charge is 0.273 e. The average Bonchev–Trinajstić information content (AvgIpc) is 3.07. The molecule has 0 saturated heterocycles. The van der Waals surface area contributed by atoms with Crippen LogP contribution in [0, 0.1) is 15.9 Å². The van der Waals surface area contributed by atoms with Crippen LogP contribution in [-0.4, -0.2) is 21.6 Å². The predicted molar refractivity (Wildman–Crippen MR) is 90.5 cm³/mol. The van der Waals surface area contributed by atoms with Gasteiger partial charge in [0.2, 0.25) is 5.91 Å². The fourth-order valence-electron chi connectivity index (χ4n) is 2.82. The van der Waals surface area contributed by atoms with Gasteiger partial charge in [-0.15, -0.1) is 0 Å². The molecule has 0 spiro atoms. The number of nitro benzene ring substituents is 1. The number of hydrazone groups is 1. The van der Waals surface area contributed by atoms with Crippen LogP contribution >= 0.6 is 0 Å². The molecule has 0 fully saturated rings. The summed E-state index contributed by atoms with van der Waals surface area (Å²) in [7, 11) is 0. The summed E-state index contributed by atoms with van der Waals surface area (Å²) < 4.78 is 13.2. The third-order valence-corrected chi connectivity index (χ3v) is 4.11. The van der Waals surface area contributed by atoms with E-state index in [1.165, 1.54) is 29.3 Å². The van der Waals surface area contributed by atoms with Gasteiger partial charge in [-0.2, -0.15) is 5.10 Å². The van der Waals surface area contributed by atoms with E-state index >= 15 is 0 Å². The third kappa shape index (κ3) is 3.40. The smallest absolute Gasteiger partial charge is 0.270 e. The maximum Gasteiger partial charge on any atom is 0.270 e. The van der Waals surface area contributed by atoms with Gasteiger partial charge in [-0.1, -0.05) is 31.2 Å². The molecule has 1 heterocycles. The number of nitro groups is 1. The highest BCUT2D eigenvalue weighted by molar-refractivity contribution is 6.03. The zero-order valence-corrected chi connectivity index (χ0v) is 13.6. The molecule has 1 amide bonds. The Bertz CT molecular complexity index is 849. The SMILES string of the molecule is CCC(=O)N1N=C(c2cccc([N+](=O)[O-])c2)C[C@@H]1c1ccc(F)cc1. The quantitative estimate of drug-likeness (QED) is 0.626. The first-order valence-corrected chi connectivity index (χ1v) is 7.89. The highest BCUT2D eigenvalue weighted by Gasteiger charge is 2.32. The number of nitrogens with zero attached hydrogens (tertiary/aromatic N) is 3. The molecule has 25 heavy (non-hydrogen) atoms. The lowest BCUT2D eigenvalue weighted by molar-refractivity contribution is -0.384. The summed E-state index contributed by atoms with van der Waals surface area (Å²) in [6.45, 7) is 1.74. The van der Waals surface area contributed by atoms with Crippen molar-refractivity contribution in [2.24, 2.45) is 5.10 Å². The standard InChI is InChI=1S/C18H16FN3O3/c1-2-18(23)21-17(12-6-8-14(19)9-7-12)11-16(20-21)13-4-3-5-15(10-13)22(24)25/h3-10,17H,2,11H2,1H3/t17-/m1/s1. The second-order valence-corrected chi connectivity index (χ2v) is 5.72. The van der Waals surface area contributed by atoms with E-state index in [9.17, 15) is 19.3 Å². The topological polar surface area (TPSA) is 75.8 Å². The summed E-state index contributed by atoms with van der Waals surface area (Å²) in [5, 5.41) is 16.8. The van der Waals surface area contributed by atoms with Crippen molar-refractivity contribution in [2.45, 2.75) is 25.8 Å². The van der Waals surface area contributed by atoms with E-state index in [4.69, 9.17) is 0 Å². The van der Waals surface area contributed by atoms with E-state index in [2.05, 4.69) is 5.10 Å². The normalized spacial score (nSPS) is 16.6. The number of carbonyl (C=O) groups excluding carboxylic acids is 1. The van der Waals surface area contributed by atoms with Gasteiger partial charge in [0, 0.05) is 30.5 Å². The van der Waals surface area contributed by atoms with Gasteiger partial charge in [-0.05, 0) is 17.7 Å². The van der Waals surface area contributed by atoms with Crippen LogP contribution in [0.2, 0.25) is 0 Å². The number of amides is 1. The first-order chi connectivity index (χ1) is 12.0. The van der Waals surface area contributed by atoms with Crippen molar-refractivity contribution < 1.29 is 14.1 Å². The maximum absolute atomic E-state index is 13.2. The number of non-ortho nitro benzene ring substituents is 1. The molecule has 0 unspecified atom stereocenters. The Kier molecular flexibility index (Phi) is 4.56. The van der Waals surface area contributed by atoms with Crippen molar-refractivity contribution in [2.75, 3.05) is 0 Å². The number of rotatable bonds is 4. The minimum atomic E-state index is -0.467. The van der Waals surface area contributed by atoms with Crippen LogP contribution in [0.1, 0.15) is 36.9 Å². The van der Waals surface area contributed by atoms with Gasteiger partial charge >= 0.3 is 0 Å². The van der Waals surface area contributed by atoms with Gasteiger partial charge in [0.1, 0.15) is 5.82 Å². The Labute approximate surface area is 143 Å². The van der Waals surface area contributed by atoms with Gasteiger partial charge in [-0.3, -0.25) is 14.9 Å². The molecular weight excluding hydrogens is 325 g/mol. The fourth-order valence-corrected chi connectivity index (χ4v) is 2.82. The molecule has 7 heteroatoms. The van der Waals surface area contributed by atoms with E-state index in [0.717, 1.165) is 5.56 Å². The summed E-state index contributed by atoms with van der Waals surface area (Å²) in [6, 6.07) is 11.8. The van der Waals surface area contributed by atoms with E-state index in [1.54, 1.807) is 31.2 Å². The van der Waals surface area contributed by atoms with Crippen molar-refractivity contribution in [1.82, 2.24) is 5.01 Å². The first kappa shape index (κ1) is 16.8. The zero-order chi connectivity index (χ0) is 18.0. The van der Waals surface area contributed by atoms with Crippen LogP contribution in [0.5, 0.6) is 0 Å². The number of halogens is 1. The molecular formula is C18H16FN3O3. The Hall–Kier alpha value is -3.09. The molecule has 1 aliphatic rings. The second-order valence-electron chi connectivity index (χ2n) is 5.72. The molecule has 0 saturated carbocycles. The van der Waals surface area contributed by atoms with Gasteiger partial charge in [0.05, 0.1) is 16.7 Å². The van der Waals surface area contributed by atoms with Crippen molar-refractivity contribution in [3.05, 3.63) is 75.6 Å². The van der Waals surface area contributed by atoms with Gasteiger partial charge < -0.3 is 0 Å². The molecule has 2 aromatic carbocycles. The summed E-state index contributed by atoms with van der Waals surface area (Å²) in [5.41, 5.74) is 1.94. The lowest BCUT2D eigenvalue weighted by Crippen LogP contribution is -2.26. The highest BCUT2D eigenvalue weighted by Crippen LogP contribution is 2.33. The third-order valence-electron chi connectivity index (χ3n) is 4.11. The minimum Gasteiger partial charge on any atom is -0.273 e. The van der Waals surface area contributed by atoms with Crippen molar-refractivity contribution in [3.8, 4) is 0 Å². The Morgan fingerprint density at radius 2 is 2.04 bits per heavy atom. The monoisotopic (exact) mass is 341 g/mol. The van der Waals surface area contributed by atoms with Crippen LogP contribution in [0.15, 0.2) is 53.6 Å².